The fourth-order valence-electron chi connectivity index (χ4n) is 2.34. The minimum Gasteiger partial charge on any atom is -0.341 e. The number of rotatable bonds is 5. The first-order chi connectivity index (χ1) is 12.0. The quantitative estimate of drug-likeness (QED) is 0.507. The maximum Gasteiger partial charge on any atom is 0.262 e. The molecule has 0 saturated heterocycles. The Labute approximate surface area is 152 Å². The predicted molar refractivity (Wildman–Crippen MR) is 98.5 cm³/mol. The van der Waals surface area contributed by atoms with E-state index in [1.54, 1.807) is 32.3 Å². The number of fused-ring (bicyclic) bond motifs is 1. The maximum absolute atomic E-state index is 13.2. The van der Waals surface area contributed by atoms with Crippen molar-refractivity contribution in [1.82, 2.24) is 14.5 Å². The topological polar surface area (TPSA) is 55.2 Å². The second-order valence-electron chi connectivity index (χ2n) is 5.57. The van der Waals surface area contributed by atoms with Crippen LogP contribution in [-0.2, 0) is 18.4 Å². The zero-order chi connectivity index (χ0) is 18.0. The van der Waals surface area contributed by atoms with Crippen molar-refractivity contribution in [3.8, 4) is 0 Å². The van der Waals surface area contributed by atoms with E-state index < -0.39 is 0 Å². The number of benzene rings is 1. The van der Waals surface area contributed by atoms with Crippen LogP contribution in [0.1, 0.15) is 5.56 Å². The van der Waals surface area contributed by atoms with Crippen LogP contribution < -0.4 is 5.56 Å². The lowest BCUT2D eigenvalue weighted by atomic mass is 10.2. The van der Waals surface area contributed by atoms with Crippen molar-refractivity contribution in [2.45, 2.75) is 11.7 Å². The van der Waals surface area contributed by atoms with Gasteiger partial charge >= 0.3 is 0 Å². The minimum atomic E-state index is -0.323. The molecule has 0 unspecified atom stereocenters. The van der Waals surface area contributed by atoms with Crippen molar-refractivity contribution < 1.29 is 9.18 Å². The Balaban J connectivity index is 1.67. The van der Waals surface area contributed by atoms with Crippen LogP contribution >= 0.6 is 23.1 Å². The van der Waals surface area contributed by atoms with Crippen molar-refractivity contribution in [1.29, 1.82) is 0 Å². The Morgan fingerprint density at radius 1 is 1.40 bits per heavy atom. The first-order valence-corrected chi connectivity index (χ1v) is 9.37. The SMILES string of the molecule is CN(Cc1cccc(F)c1)C(=O)CSc1nc2sccc2c(=O)n1C. The molecule has 0 saturated carbocycles. The van der Waals surface area contributed by atoms with E-state index in [0.717, 1.165) is 5.56 Å². The van der Waals surface area contributed by atoms with Gasteiger partial charge in [-0.2, -0.15) is 0 Å². The van der Waals surface area contributed by atoms with Gasteiger partial charge in [-0.05, 0) is 29.1 Å². The molecule has 0 bridgehead atoms. The Kier molecular flexibility index (Phi) is 5.19. The van der Waals surface area contributed by atoms with Gasteiger partial charge in [-0.1, -0.05) is 23.9 Å². The molecule has 3 aromatic rings. The molecule has 0 radical (unpaired) electrons. The lowest BCUT2D eigenvalue weighted by Crippen LogP contribution is -2.28. The summed E-state index contributed by atoms with van der Waals surface area (Å²) in [5.41, 5.74) is 0.612. The molecule has 1 amide bonds. The van der Waals surface area contributed by atoms with Crippen molar-refractivity contribution in [3.63, 3.8) is 0 Å². The third-order valence-corrected chi connectivity index (χ3v) is 5.54. The average molecular weight is 377 g/mol. The Bertz CT molecular complexity index is 983. The van der Waals surface area contributed by atoms with Gasteiger partial charge in [0.1, 0.15) is 10.6 Å². The minimum absolute atomic E-state index is 0.116. The average Bonchev–Trinajstić information content (AvgIpc) is 3.05. The summed E-state index contributed by atoms with van der Waals surface area (Å²) in [4.78, 5) is 31.2. The van der Waals surface area contributed by atoms with Gasteiger partial charge in [0.25, 0.3) is 5.56 Å². The van der Waals surface area contributed by atoms with E-state index in [9.17, 15) is 14.0 Å². The summed E-state index contributed by atoms with van der Waals surface area (Å²) in [5.74, 6) is -0.283. The molecule has 25 heavy (non-hydrogen) atoms. The van der Waals surface area contributed by atoms with Crippen LogP contribution in [0.2, 0.25) is 0 Å². The first-order valence-electron chi connectivity index (χ1n) is 7.51. The van der Waals surface area contributed by atoms with Crippen LogP contribution in [0.25, 0.3) is 10.2 Å². The molecule has 0 N–H and O–H groups in total. The van der Waals surface area contributed by atoms with Gasteiger partial charge in [0.15, 0.2) is 5.16 Å². The lowest BCUT2D eigenvalue weighted by Gasteiger charge is -2.17. The fourth-order valence-corrected chi connectivity index (χ4v) is 4.06. The van der Waals surface area contributed by atoms with E-state index in [4.69, 9.17) is 0 Å². The molecule has 2 aromatic heterocycles. The summed E-state index contributed by atoms with van der Waals surface area (Å²) in [5, 5.41) is 2.92. The summed E-state index contributed by atoms with van der Waals surface area (Å²) < 4.78 is 14.7. The van der Waals surface area contributed by atoms with Gasteiger partial charge in [-0.15, -0.1) is 11.3 Å². The maximum atomic E-state index is 13.2. The fraction of sp³-hybridized carbons (Fsp3) is 0.235. The highest BCUT2D eigenvalue weighted by atomic mass is 32.2. The molecular weight excluding hydrogens is 361 g/mol. The Hall–Kier alpha value is -2.19. The summed E-state index contributed by atoms with van der Waals surface area (Å²) in [7, 11) is 3.32. The van der Waals surface area contributed by atoms with Crippen LogP contribution in [0, 0.1) is 5.82 Å². The normalized spacial score (nSPS) is 11.0. The summed E-state index contributed by atoms with van der Waals surface area (Å²) >= 11 is 2.62. The molecule has 0 fully saturated rings. The third-order valence-electron chi connectivity index (χ3n) is 3.72. The lowest BCUT2D eigenvalue weighted by molar-refractivity contribution is -0.127. The standard InChI is InChI=1S/C17H16FN3O2S2/c1-20(9-11-4-3-5-12(18)8-11)14(22)10-25-17-19-15-13(6-7-24-15)16(23)21(17)2/h3-8H,9-10H2,1-2H3. The van der Waals surface area contributed by atoms with Crippen LogP contribution in [0.4, 0.5) is 4.39 Å². The largest absolute Gasteiger partial charge is 0.341 e. The highest BCUT2D eigenvalue weighted by Gasteiger charge is 2.14. The number of aromatic nitrogens is 2. The van der Waals surface area contributed by atoms with Crippen LogP contribution in [-0.4, -0.2) is 33.2 Å². The highest BCUT2D eigenvalue weighted by Crippen LogP contribution is 2.20. The second kappa shape index (κ2) is 7.37. The molecule has 0 spiro atoms. The van der Waals surface area contributed by atoms with E-state index in [1.807, 2.05) is 5.38 Å². The first kappa shape index (κ1) is 17.6. The molecule has 0 aliphatic heterocycles. The molecule has 0 atom stereocenters. The van der Waals surface area contributed by atoms with Gasteiger partial charge in [0, 0.05) is 20.6 Å². The van der Waals surface area contributed by atoms with Crippen molar-refractivity contribution >= 4 is 39.2 Å². The summed E-state index contributed by atoms with van der Waals surface area (Å²) in [6.45, 7) is 0.327. The van der Waals surface area contributed by atoms with E-state index in [0.29, 0.717) is 21.9 Å². The van der Waals surface area contributed by atoms with E-state index >= 15 is 0 Å². The van der Waals surface area contributed by atoms with Crippen molar-refractivity contribution in [2.75, 3.05) is 12.8 Å². The second-order valence-corrected chi connectivity index (χ2v) is 7.40. The van der Waals surface area contributed by atoms with E-state index in [-0.39, 0.29) is 23.0 Å². The number of carbonyl (C=O) groups excluding carboxylic acids is 1. The molecule has 0 aliphatic carbocycles. The summed E-state index contributed by atoms with van der Waals surface area (Å²) in [6, 6.07) is 7.92. The molecule has 5 nitrogen and oxygen atoms in total. The predicted octanol–water partition coefficient (Wildman–Crippen LogP) is 2.88. The molecule has 0 aliphatic rings. The number of nitrogens with zero attached hydrogens (tertiary/aromatic N) is 3. The number of halogens is 1. The number of amides is 1. The number of carbonyl (C=O) groups is 1. The molecular formula is C17H16FN3O2S2. The Morgan fingerprint density at radius 2 is 2.20 bits per heavy atom. The molecule has 2 heterocycles. The number of hydrogen-bond donors (Lipinski definition) is 0. The van der Waals surface area contributed by atoms with Crippen molar-refractivity contribution in [2.24, 2.45) is 7.05 Å². The Morgan fingerprint density at radius 3 is 2.96 bits per heavy atom. The smallest absolute Gasteiger partial charge is 0.262 e. The van der Waals surface area contributed by atoms with Crippen LogP contribution in [0.15, 0.2) is 45.7 Å². The molecule has 1 aromatic carbocycles. The number of thioether (sulfide) groups is 1. The van der Waals surface area contributed by atoms with Gasteiger partial charge in [-0.3, -0.25) is 14.2 Å². The van der Waals surface area contributed by atoms with E-state index in [2.05, 4.69) is 4.98 Å². The van der Waals surface area contributed by atoms with Crippen molar-refractivity contribution in [3.05, 3.63) is 57.4 Å². The van der Waals surface area contributed by atoms with E-state index in [1.165, 1.54) is 44.7 Å². The third kappa shape index (κ3) is 3.91. The molecule has 130 valence electrons. The van der Waals surface area contributed by atoms with Gasteiger partial charge < -0.3 is 4.90 Å². The van der Waals surface area contributed by atoms with Gasteiger partial charge in [-0.25, -0.2) is 9.37 Å². The van der Waals surface area contributed by atoms with Gasteiger partial charge in [0.05, 0.1) is 11.1 Å². The number of hydrogen-bond acceptors (Lipinski definition) is 5. The zero-order valence-corrected chi connectivity index (χ0v) is 15.4. The van der Waals surface area contributed by atoms with Gasteiger partial charge in [0.2, 0.25) is 5.91 Å². The molecule has 8 heteroatoms. The van der Waals surface area contributed by atoms with Crippen LogP contribution in [0.5, 0.6) is 0 Å². The zero-order valence-electron chi connectivity index (χ0n) is 13.7. The molecule has 3 rings (SSSR count). The highest BCUT2D eigenvalue weighted by molar-refractivity contribution is 7.99. The monoisotopic (exact) mass is 377 g/mol. The number of thiophene rings is 1. The van der Waals surface area contributed by atoms with Crippen LogP contribution in [0.3, 0.4) is 0 Å². The summed E-state index contributed by atoms with van der Waals surface area (Å²) in [6.07, 6.45) is 0.